The SMILES string of the molecule is CN(C)c1cc(C2CC2)c(O)c2c1C[C@H]1C[C@H]3CC(=O)C(C(N)=O)=C(O)[C@@]3(O)C(O)=C1C2. The first kappa shape index (κ1) is 20.9. The van der Waals surface area contributed by atoms with E-state index in [4.69, 9.17) is 5.73 Å². The van der Waals surface area contributed by atoms with Crippen molar-refractivity contribution in [1.82, 2.24) is 0 Å². The third kappa shape index (κ3) is 2.71. The molecule has 0 radical (unpaired) electrons. The van der Waals surface area contributed by atoms with E-state index < -0.39 is 40.3 Å². The molecular formula is C24H28N2O6. The van der Waals surface area contributed by atoms with Crippen molar-refractivity contribution >= 4 is 17.4 Å². The predicted octanol–water partition coefficient (Wildman–Crippen LogP) is 1.88. The Hall–Kier alpha value is -3.00. The lowest BCUT2D eigenvalue weighted by atomic mass is 9.61. The molecule has 1 amide bonds. The van der Waals surface area contributed by atoms with Gasteiger partial charge in [-0.15, -0.1) is 0 Å². The summed E-state index contributed by atoms with van der Waals surface area (Å²) in [4.78, 5) is 26.2. The van der Waals surface area contributed by atoms with Crippen molar-refractivity contribution in [2.24, 2.45) is 17.6 Å². The number of ketones is 1. The number of phenols is 1. The van der Waals surface area contributed by atoms with Crippen molar-refractivity contribution in [3.63, 3.8) is 0 Å². The van der Waals surface area contributed by atoms with Crippen LogP contribution in [0.5, 0.6) is 5.75 Å². The number of aliphatic hydroxyl groups is 3. The van der Waals surface area contributed by atoms with E-state index in [0.717, 1.165) is 35.2 Å². The van der Waals surface area contributed by atoms with Gasteiger partial charge in [0.2, 0.25) is 0 Å². The molecule has 6 N–H and O–H groups in total. The molecule has 32 heavy (non-hydrogen) atoms. The summed E-state index contributed by atoms with van der Waals surface area (Å²) in [6, 6.07) is 2.05. The van der Waals surface area contributed by atoms with Crippen molar-refractivity contribution in [1.29, 1.82) is 0 Å². The maximum atomic E-state index is 12.4. The Morgan fingerprint density at radius 2 is 1.78 bits per heavy atom. The van der Waals surface area contributed by atoms with Crippen molar-refractivity contribution < 1.29 is 30.0 Å². The van der Waals surface area contributed by atoms with E-state index in [0.29, 0.717) is 24.3 Å². The molecular weight excluding hydrogens is 412 g/mol. The standard InChI is InChI=1S/C24H28N2O6/c1-26(2)17-9-13(10-3-4-10)20(28)16-8-14-11(6-15(16)17)5-12-7-18(27)19(23(25)31)22(30)24(12,32)21(14)29/h9-12,28-30,32H,3-8H2,1-2H3,(H2,25,31)/t11-,12+,24+/m1/s1. The topological polar surface area (TPSA) is 144 Å². The molecule has 0 saturated heterocycles. The number of nitrogens with zero attached hydrogens (tertiary/aromatic N) is 1. The number of anilines is 1. The minimum atomic E-state index is -2.23. The minimum Gasteiger partial charge on any atom is -0.509 e. The average molecular weight is 440 g/mol. The summed E-state index contributed by atoms with van der Waals surface area (Å²) < 4.78 is 0. The Bertz CT molecular complexity index is 1130. The third-order valence-electron chi connectivity index (χ3n) is 7.71. The second-order valence-electron chi connectivity index (χ2n) is 9.83. The molecule has 0 aliphatic heterocycles. The van der Waals surface area contributed by atoms with Gasteiger partial charge in [0.25, 0.3) is 5.91 Å². The molecule has 0 heterocycles. The number of hydrogen-bond donors (Lipinski definition) is 5. The van der Waals surface area contributed by atoms with Gasteiger partial charge in [0.15, 0.2) is 11.4 Å². The number of hydrogen-bond acceptors (Lipinski definition) is 7. The van der Waals surface area contributed by atoms with Crippen LogP contribution >= 0.6 is 0 Å². The Kier molecular flexibility index (Phi) is 4.40. The molecule has 1 aromatic carbocycles. The molecule has 0 unspecified atom stereocenters. The van der Waals surface area contributed by atoms with Crippen LogP contribution in [-0.4, -0.2) is 51.8 Å². The van der Waals surface area contributed by atoms with Crippen molar-refractivity contribution in [3.05, 3.63) is 45.4 Å². The largest absolute Gasteiger partial charge is 0.509 e. The van der Waals surface area contributed by atoms with Crippen LogP contribution in [0.1, 0.15) is 48.3 Å². The molecule has 8 nitrogen and oxygen atoms in total. The van der Waals surface area contributed by atoms with E-state index in [1.807, 2.05) is 19.0 Å². The zero-order valence-corrected chi connectivity index (χ0v) is 18.2. The fourth-order valence-corrected chi connectivity index (χ4v) is 5.90. The highest BCUT2D eigenvalue weighted by Gasteiger charge is 2.57. The molecule has 4 aliphatic carbocycles. The zero-order chi connectivity index (χ0) is 23.1. The maximum absolute atomic E-state index is 12.4. The van der Waals surface area contributed by atoms with Crippen LogP contribution in [0.2, 0.25) is 0 Å². The van der Waals surface area contributed by atoms with Crippen LogP contribution in [0.25, 0.3) is 0 Å². The first-order chi connectivity index (χ1) is 15.1. The van der Waals surface area contributed by atoms with Crippen LogP contribution in [-0.2, 0) is 22.4 Å². The highest BCUT2D eigenvalue weighted by Crippen LogP contribution is 2.55. The van der Waals surface area contributed by atoms with E-state index in [9.17, 15) is 30.0 Å². The van der Waals surface area contributed by atoms with Gasteiger partial charge in [-0.25, -0.2) is 0 Å². The van der Waals surface area contributed by atoms with Crippen molar-refractivity contribution in [3.8, 4) is 5.75 Å². The fourth-order valence-electron chi connectivity index (χ4n) is 5.90. The predicted molar refractivity (Wildman–Crippen MR) is 116 cm³/mol. The molecule has 0 spiro atoms. The van der Waals surface area contributed by atoms with Gasteiger partial charge in [0.1, 0.15) is 22.8 Å². The Morgan fingerprint density at radius 1 is 1.09 bits per heavy atom. The second kappa shape index (κ2) is 6.75. The van der Waals surface area contributed by atoms with Crippen molar-refractivity contribution in [2.45, 2.75) is 50.0 Å². The summed E-state index contributed by atoms with van der Waals surface area (Å²) in [5, 5.41) is 44.3. The molecule has 8 heteroatoms. The maximum Gasteiger partial charge on any atom is 0.255 e. The van der Waals surface area contributed by atoms with Crippen LogP contribution in [0.15, 0.2) is 28.7 Å². The van der Waals surface area contributed by atoms with E-state index in [2.05, 4.69) is 6.07 Å². The smallest absolute Gasteiger partial charge is 0.255 e. The number of carbonyl (C=O) groups excluding carboxylic acids is 2. The van der Waals surface area contributed by atoms with Gasteiger partial charge in [0.05, 0.1) is 0 Å². The highest BCUT2D eigenvalue weighted by atomic mass is 16.4. The number of aliphatic hydroxyl groups excluding tert-OH is 2. The quantitative estimate of drug-likeness (QED) is 0.451. The number of Topliss-reactive ketones (excluding diaryl/α,β-unsaturated/α-hetero) is 1. The zero-order valence-electron chi connectivity index (χ0n) is 18.2. The summed E-state index contributed by atoms with van der Waals surface area (Å²) in [6.45, 7) is 0. The number of fused-ring (bicyclic) bond motifs is 3. The minimum absolute atomic E-state index is 0.159. The number of phenolic OH excluding ortho intramolecular Hbond substituents is 1. The first-order valence-corrected chi connectivity index (χ1v) is 11.0. The summed E-state index contributed by atoms with van der Waals surface area (Å²) in [6.07, 6.45) is 2.98. The Balaban J connectivity index is 1.68. The molecule has 3 atom stereocenters. The van der Waals surface area contributed by atoms with E-state index in [-0.39, 0.29) is 24.5 Å². The average Bonchev–Trinajstić information content (AvgIpc) is 3.55. The molecule has 4 aliphatic rings. The monoisotopic (exact) mass is 440 g/mol. The molecule has 1 aromatic rings. The van der Waals surface area contributed by atoms with Gasteiger partial charge in [-0.05, 0) is 60.3 Å². The number of allylic oxidation sites excluding steroid dienone is 1. The van der Waals surface area contributed by atoms with E-state index in [1.54, 1.807) is 0 Å². The summed E-state index contributed by atoms with van der Waals surface area (Å²) in [7, 11) is 3.92. The summed E-state index contributed by atoms with van der Waals surface area (Å²) in [5.41, 5.74) is 6.56. The highest BCUT2D eigenvalue weighted by molar-refractivity contribution is 6.20. The number of rotatable bonds is 3. The fraction of sp³-hybridized carbons (Fsp3) is 0.500. The van der Waals surface area contributed by atoms with Gasteiger partial charge in [-0.3, -0.25) is 9.59 Å². The van der Waals surface area contributed by atoms with Crippen LogP contribution in [0.4, 0.5) is 5.69 Å². The van der Waals surface area contributed by atoms with Crippen molar-refractivity contribution in [2.75, 3.05) is 19.0 Å². The Morgan fingerprint density at radius 3 is 2.38 bits per heavy atom. The lowest BCUT2D eigenvalue weighted by Gasteiger charge is -2.47. The first-order valence-electron chi connectivity index (χ1n) is 11.0. The molecule has 1 saturated carbocycles. The molecule has 1 fully saturated rings. The van der Waals surface area contributed by atoms with Gasteiger partial charge in [-0.2, -0.15) is 0 Å². The number of amides is 1. The third-order valence-corrected chi connectivity index (χ3v) is 7.71. The number of primary amides is 1. The lowest BCUT2D eigenvalue weighted by molar-refractivity contribution is -0.128. The van der Waals surface area contributed by atoms with Gasteiger partial charge in [0, 0.05) is 44.1 Å². The van der Waals surface area contributed by atoms with Gasteiger partial charge in [-0.1, -0.05) is 0 Å². The molecule has 5 rings (SSSR count). The Labute approximate surface area is 185 Å². The number of aromatic hydroxyl groups is 1. The number of benzene rings is 1. The van der Waals surface area contributed by atoms with Gasteiger partial charge < -0.3 is 31.1 Å². The van der Waals surface area contributed by atoms with Crippen LogP contribution < -0.4 is 10.6 Å². The summed E-state index contributed by atoms with van der Waals surface area (Å²) in [5.74, 6) is -3.43. The van der Waals surface area contributed by atoms with E-state index >= 15 is 0 Å². The van der Waals surface area contributed by atoms with Gasteiger partial charge >= 0.3 is 0 Å². The van der Waals surface area contributed by atoms with Crippen LogP contribution in [0.3, 0.4) is 0 Å². The second-order valence-corrected chi connectivity index (χ2v) is 9.83. The molecule has 0 aromatic heterocycles. The van der Waals surface area contributed by atoms with E-state index in [1.165, 1.54) is 0 Å². The number of nitrogens with two attached hydrogens (primary N) is 1. The molecule has 170 valence electrons. The lowest BCUT2D eigenvalue weighted by Crippen LogP contribution is -2.53. The van der Waals surface area contributed by atoms with Crippen LogP contribution in [0, 0.1) is 11.8 Å². The summed E-state index contributed by atoms with van der Waals surface area (Å²) >= 11 is 0. The normalized spacial score (nSPS) is 29.4. The number of carbonyl (C=O) groups is 2. The molecule has 0 bridgehead atoms.